The molecule has 1 unspecified atom stereocenters. The van der Waals surface area contributed by atoms with Gasteiger partial charge in [-0.2, -0.15) is 5.10 Å². The molecule has 4 rings (SSSR count). The van der Waals surface area contributed by atoms with Crippen molar-refractivity contribution in [3.8, 4) is 11.5 Å². The van der Waals surface area contributed by atoms with Crippen LogP contribution in [0.2, 0.25) is 5.02 Å². The van der Waals surface area contributed by atoms with Crippen LogP contribution < -0.4 is 20.2 Å². The topological polar surface area (TPSA) is 89.0 Å². The van der Waals surface area contributed by atoms with E-state index in [9.17, 15) is 9.59 Å². The molecule has 0 fully saturated rings. The van der Waals surface area contributed by atoms with Crippen LogP contribution in [0.25, 0.3) is 10.8 Å². The predicted molar refractivity (Wildman–Crippen MR) is 155 cm³/mol. The Labute approximate surface area is 232 Å². The smallest absolute Gasteiger partial charge is 0.262 e. The van der Waals surface area contributed by atoms with E-state index in [4.69, 9.17) is 21.1 Å². The van der Waals surface area contributed by atoms with Crippen LogP contribution in [-0.2, 0) is 11.4 Å². The number of carbonyl (C=O) groups is 2. The third kappa shape index (κ3) is 7.15. The van der Waals surface area contributed by atoms with Crippen molar-refractivity contribution in [3.63, 3.8) is 0 Å². The molecule has 0 saturated carbocycles. The fourth-order valence-corrected chi connectivity index (χ4v) is 4.18. The van der Waals surface area contributed by atoms with E-state index < -0.39 is 11.9 Å². The van der Waals surface area contributed by atoms with Crippen LogP contribution in [0, 0.1) is 5.92 Å². The molecule has 0 saturated heterocycles. The summed E-state index contributed by atoms with van der Waals surface area (Å²) in [6.07, 6.45) is 1.51. The van der Waals surface area contributed by atoms with Crippen molar-refractivity contribution in [2.24, 2.45) is 11.0 Å². The van der Waals surface area contributed by atoms with Crippen LogP contribution in [0.1, 0.15) is 35.3 Å². The number of benzene rings is 4. The number of hydrazone groups is 1. The van der Waals surface area contributed by atoms with Crippen molar-refractivity contribution >= 4 is 40.4 Å². The number of halogens is 1. The van der Waals surface area contributed by atoms with Crippen molar-refractivity contribution in [1.82, 2.24) is 10.7 Å². The maximum atomic E-state index is 12.8. The number of rotatable bonds is 10. The molecule has 7 nitrogen and oxygen atoms in total. The van der Waals surface area contributed by atoms with Gasteiger partial charge in [0.25, 0.3) is 11.8 Å². The fraction of sp³-hybridized carbons (Fsp3) is 0.194. The molecule has 2 amide bonds. The van der Waals surface area contributed by atoms with Gasteiger partial charge < -0.3 is 14.8 Å². The molecule has 2 N–H and O–H groups in total. The van der Waals surface area contributed by atoms with Crippen LogP contribution in [0.15, 0.2) is 90.0 Å². The highest BCUT2D eigenvalue weighted by atomic mass is 35.5. The first kappa shape index (κ1) is 27.7. The maximum absolute atomic E-state index is 12.8. The molecular formula is C31H30ClN3O4. The van der Waals surface area contributed by atoms with Gasteiger partial charge in [-0.05, 0) is 70.3 Å². The van der Waals surface area contributed by atoms with Crippen molar-refractivity contribution in [1.29, 1.82) is 0 Å². The third-order valence-corrected chi connectivity index (χ3v) is 6.43. The van der Waals surface area contributed by atoms with Crippen LogP contribution in [-0.4, -0.2) is 31.2 Å². The van der Waals surface area contributed by atoms with E-state index >= 15 is 0 Å². The largest absolute Gasteiger partial charge is 0.493 e. The number of carbonyl (C=O) groups excluding carboxylic acids is 2. The third-order valence-electron chi connectivity index (χ3n) is 6.18. The lowest BCUT2D eigenvalue weighted by molar-refractivity contribution is -0.123. The second-order valence-electron chi connectivity index (χ2n) is 9.27. The Hall–Kier alpha value is -4.36. The first-order valence-electron chi connectivity index (χ1n) is 12.5. The molecule has 0 aliphatic heterocycles. The average Bonchev–Trinajstić information content (AvgIpc) is 2.95. The lowest BCUT2D eigenvalue weighted by atomic mass is 10.0. The molecule has 1 atom stereocenters. The molecule has 0 aromatic heterocycles. The zero-order chi connectivity index (χ0) is 27.8. The minimum atomic E-state index is -0.773. The molecule has 4 aromatic rings. The fourth-order valence-electron chi connectivity index (χ4n) is 4.06. The summed E-state index contributed by atoms with van der Waals surface area (Å²) in [5, 5.41) is 9.67. The maximum Gasteiger partial charge on any atom is 0.262 e. The zero-order valence-corrected chi connectivity index (χ0v) is 22.7. The first-order chi connectivity index (χ1) is 18.9. The summed E-state index contributed by atoms with van der Waals surface area (Å²) in [6, 6.07) is 25.4. The van der Waals surface area contributed by atoms with Gasteiger partial charge in [0.1, 0.15) is 12.6 Å². The molecule has 0 bridgehead atoms. The number of hydrogen-bond acceptors (Lipinski definition) is 5. The number of nitrogens with zero attached hydrogens (tertiary/aromatic N) is 1. The van der Waals surface area contributed by atoms with E-state index in [1.54, 1.807) is 43.5 Å². The summed E-state index contributed by atoms with van der Waals surface area (Å²) < 4.78 is 11.6. The number of fused-ring (bicyclic) bond motifs is 1. The summed E-state index contributed by atoms with van der Waals surface area (Å²) in [5.41, 5.74) is 4.71. The number of hydrogen-bond donors (Lipinski definition) is 2. The Morgan fingerprint density at radius 3 is 2.44 bits per heavy atom. The van der Waals surface area contributed by atoms with Crippen LogP contribution in [0.3, 0.4) is 0 Å². The SMILES string of the molecule is COc1cc(/C=N\NC(=O)C(NC(=O)c2ccc(Cl)cc2)C(C)C)ccc1OCc1cccc2ccccc12. The van der Waals surface area contributed by atoms with E-state index in [-0.39, 0.29) is 11.8 Å². The second-order valence-corrected chi connectivity index (χ2v) is 9.71. The van der Waals surface area contributed by atoms with Gasteiger partial charge in [0, 0.05) is 10.6 Å². The van der Waals surface area contributed by atoms with Gasteiger partial charge in [0.05, 0.1) is 13.3 Å². The molecular weight excluding hydrogens is 514 g/mol. The van der Waals surface area contributed by atoms with Crippen LogP contribution in [0.5, 0.6) is 11.5 Å². The number of ether oxygens (including phenoxy) is 2. The van der Waals surface area contributed by atoms with E-state index in [0.717, 1.165) is 16.3 Å². The Morgan fingerprint density at radius 1 is 0.949 bits per heavy atom. The quantitative estimate of drug-likeness (QED) is 0.190. The van der Waals surface area contributed by atoms with Gasteiger partial charge in [-0.1, -0.05) is 67.9 Å². The summed E-state index contributed by atoms with van der Waals surface area (Å²) in [4.78, 5) is 25.4. The summed E-state index contributed by atoms with van der Waals surface area (Å²) >= 11 is 5.89. The molecule has 0 heterocycles. The summed E-state index contributed by atoms with van der Waals surface area (Å²) in [6.45, 7) is 4.08. The lowest BCUT2D eigenvalue weighted by Crippen LogP contribution is -2.48. The highest BCUT2D eigenvalue weighted by Gasteiger charge is 2.24. The summed E-state index contributed by atoms with van der Waals surface area (Å²) in [7, 11) is 1.57. The molecule has 8 heteroatoms. The number of methoxy groups -OCH3 is 1. The zero-order valence-electron chi connectivity index (χ0n) is 22.0. The van der Waals surface area contributed by atoms with Crippen LogP contribution in [0.4, 0.5) is 0 Å². The number of amides is 2. The Kier molecular flexibility index (Phi) is 9.18. The molecule has 0 spiro atoms. The summed E-state index contributed by atoms with van der Waals surface area (Å²) in [5.74, 6) is 0.186. The molecule has 39 heavy (non-hydrogen) atoms. The van der Waals surface area contributed by atoms with Crippen molar-refractivity contribution in [3.05, 3.63) is 107 Å². The average molecular weight is 544 g/mol. The molecule has 0 aliphatic carbocycles. The minimum absolute atomic E-state index is 0.158. The van der Waals surface area contributed by atoms with E-state index in [1.165, 1.54) is 6.21 Å². The van der Waals surface area contributed by atoms with E-state index in [1.807, 2.05) is 44.2 Å². The molecule has 200 valence electrons. The van der Waals surface area contributed by atoms with Gasteiger partial charge in [-0.25, -0.2) is 5.43 Å². The second kappa shape index (κ2) is 12.9. The molecule has 0 radical (unpaired) electrons. The van der Waals surface area contributed by atoms with Gasteiger partial charge >= 0.3 is 0 Å². The van der Waals surface area contributed by atoms with Crippen molar-refractivity contribution in [2.75, 3.05) is 7.11 Å². The van der Waals surface area contributed by atoms with Gasteiger partial charge in [-0.3, -0.25) is 9.59 Å². The van der Waals surface area contributed by atoms with Crippen molar-refractivity contribution in [2.45, 2.75) is 26.5 Å². The van der Waals surface area contributed by atoms with Crippen molar-refractivity contribution < 1.29 is 19.1 Å². The molecule has 4 aromatic carbocycles. The Bertz CT molecular complexity index is 1480. The first-order valence-corrected chi connectivity index (χ1v) is 12.9. The monoisotopic (exact) mass is 543 g/mol. The minimum Gasteiger partial charge on any atom is -0.493 e. The highest BCUT2D eigenvalue weighted by molar-refractivity contribution is 6.30. The Balaban J connectivity index is 1.38. The van der Waals surface area contributed by atoms with Gasteiger partial charge in [0.2, 0.25) is 0 Å². The standard InChI is InChI=1S/C31H30ClN3O4/c1-20(2)29(34-30(36)23-12-14-25(32)15-13-23)31(37)35-33-18-21-11-16-27(28(17-21)38-3)39-19-24-9-6-8-22-7-4-5-10-26(22)24/h4-18,20,29H,19H2,1-3H3,(H,34,36)(H,35,37)/b33-18-. The van der Waals surface area contributed by atoms with Gasteiger partial charge in [-0.15, -0.1) is 0 Å². The van der Waals surface area contributed by atoms with E-state index in [2.05, 4.69) is 34.0 Å². The Morgan fingerprint density at radius 2 is 1.69 bits per heavy atom. The van der Waals surface area contributed by atoms with Gasteiger partial charge in [0.15, 0.2) is 11.5 Å². The normalized spacial score (nSPS) is 11.9. The number of nitrogens with one attached hydrogen (secondary N) is 2. The van der Waals surface area contributed by atoms with Crippen LogP contribution >= 0.6 is 11.6 Å². The predicted octanol–water partition coefficient (Wildman–Crippen LogP) is 5.99. The van der Waals surface area contributed by atoms with E-state index in [0.29, 0.717) is 34.3 Å². The lowest BCUT2D eigenvalue weighted by Gasteiger charge is -2.20. The highest BCUT2D eigenvalue weighted by Crippen LogP contribution is 2.29. The molecule has 0 aliphatic rings.